The Morgan fingerprint density at radius 1 is 1.06 bits per heavy atom. The highest BCUT2D eigenvalue weighted by Crippen LogP contribution is 2.30. The molecule has 2 aromatic rings. The molecule has 1 aliphatic heterocycles. The number of aromatic hydroxyl groups is 4. The van der Waals surface area contributed by atoms with Gasteiger partial charge < -0.3 is 40.3 Å². The van der Waals surface area contributed by atoms with E-state index in [4.69, 9.17) is 9.47 Å². The average Bonchev–Trinajstić information content (AvgIpc) is 3.24. The van der Waals surface area contributed by atoms with Crippen LogP contribution in [0.15, 0.2) is 41.4 Å². The number of aliphatic carboxylic acids is 1. The largest absolute Gasteiger partial charge is 0.504 e. The molecule has 2 aromatic carbocycles. The van der Waals surface area contributed by atoms with E-state index >= 15 is 0 Å². The van der Waals surface area contributed by atoms with E-state index in [9.17, 15) is 39.9 Å². The first-order chi connectivity index (χ1) is 15.2. The number of para-hydroxylation sites is 2. The molecule has 12 nitrogen and oxygen atoms in total. The minimum Gasteiger partial charge on any atom is -0.504 e. The number of rotatable bonds is 7. The lowest BCUT2D eigenvalue weighted by Gasteiger charge is -2.16. The molecule has 0 saturated heterocycles. The van der Waals surface area contributed by atoms with Crippen LogP contribution >= 0.6 is 0 Å². The summed E-state index contributed by atoms with van der Waals surface area (Å²) in [6.07, 6.45) is 0. The van der Waals surface area contributed by atoms with Crippen molar-refractivity contribution in [2.24, 2.45) is 4.99 Å². The SMILES string of the molecule is O=C(OC[C@H](NC(=O)[C@@H]1COC(c2cccc(O)c2O)=N1)C(=O)O)c1cccc(O)c1O. The van der Waals surface area contributed by atoms with Gasteiger partial charge in [0.2, 0.25) is 11.8 Å². The molecule has 168 valence electrons. The molecule has 0 aliphatic carbocycles. The molecule has 0 aromatic heterocycles. The Bertz CT molecular complexity index is 1100. The number of amides is 1. The van der Waals surface area contributed by atoms with Crippen LogP contribution in [0.5, 0.6) is 23.0 Å². The van der Waals surface area contributed by atoms with Crippen LogP contribution in [0.1, 0.15) is 15.9 Å². The van der Waals surface area contributed by atoms with Gasteiger partial charge in [0, 0.05) is 0 Å². The Kier molecular flexibility index (Phi) is 6.33. The van der Waals surface area contributed by atoms with Crippen molar-refractivity contribution in [2.45, 2.75) is 12.1 Å². The zero-order valence-corrected chi connectivity index (χ0v) is 16.3. The van der Waals surface area contributed by atoms with Crippen LogP contribution < -0.4 is 5.32 Å². The summed E-state index contributed by atoms with van der Waals surface area (Å²) in [7, 11) is 0. The van der Waals surface area contributed by atoms with Gasteiger partial charge in [-0.25, -0.2) is 14.6 Å². The summed E-state index contributed by atoms with van der Waals surface area (Å²) in [6.45, 7) is -1.02. The highest BCUT2D eigenvalue weighted by Gasteiger charge is 2.32. The Morgan fingerprint density at radius 2 is 1.72 bits per heavy atom. The Balaban J connectivity index is 1.65. The van der Waals surface area contributed by atoms with E-state index in [1.54, 1.807) is 0 Å². The molecule has 1 aliphatic rings. The molecule has 0 radical (unpaired) electrons. The number of esters is 1. The second kappa shape index (κ2) is 9.12. The first-order valence-electron chi connectivity index (χ1n) is 9.12. The number of carbonyl (C=O) groups excluding carboxylic acids is 2. The van der Waals surface area contributed by atoms with Crippen LogP contribution in [0, 0.1) is 0 Å². The number of hydrogen-bond donors (Lipinski definition) is 6. The molecular weight excluding hydrogens is 428 g/mol. The van der Waals surface area contributed by atoms with Crippen molar-refractivity contribution in [3.05, 3.63) is 47.5 Å². The summed E-state index contributed by atoms with van der Waals surface area (Å²) in [5.41, 5.74) is -0.334. The zero-order valence-electron chi connectivity index (χ0n) is 16.3. The Labute approximate surface area is 180 Å². The van der Waals surface area contributed by atoms with Gasteiger partial charge >= 0.3 is 11.9 Å². The molecule has 32 heavy (non-hydrogen) atoms. The highest BCUT2D eigenvalue weighted by atomic mass is 16.5. The smallest absolute Gasteiger partial charge is 0.342 e. The van der Waals surface area contributed by atoms with Crippen LogP contribution in [-0.2, 0) is 19.1 Å². The number of aliphatic imine (C=N–C) groups is 1. The molecule has 2 atom stereocenters. The maximum Gasteiger partial charge on any atom is 0.342 e. The van der Waals surface area contributed by atoms with Crippen LogP contribution in [-0.4, -0.2) is 74.6 Å². The molecule has 6 N–H and O–H groups in total. The summed E-state index contributed by atoms with van der Waals surface area (Å²) in [5.74, 6) is -5.75. The minimum absolute atomic E-state index is 0.0509. The summed E-state index contributed by atoms with van der Waals surface area (Å²) in [6, 6.07) is 4.87. The summed E-state index contributed by atoms with van der Waals surface area (Å²) < 4.78 is 10.1. The number of phenolic OH excluding ortho intramolecular Hbond substituents is 4. The molecule has 0 bridgehead atoms. The van der Waals surface area contributed by atoms with Gasteiger partial charge in [-0.3, -0.25) is 4.79 Å². The fourth-order valence-electron chi connectivity index (χ4n) is 2.73. The highest BCUT2D eigenvalue weighted by molar-refractivity contribution is 6.01. The summed E-state index contributed by atoms with van der Waals surface area (Å²) in [5, 5.41) is 50.0. The molecule has 0 spiro atoms. The number of nitrogens with zero attached hydrogens (tertiary/aromatic N) is 1. The number of ether oxygens (including phenoxy) is 2. The van der Waals surface area contributed by atoms with Gasteiger partial charge in [0.25, 0.3) is 0 Å². The normalized spacial score (nSPS) is 15.9. The van der Waals surface area contributed by atoms with Gasteiger partial charge in [-0.2, -0.15) is 0 Å². The second-order valence-electron chi connectivity index (χ2n) is 6.61. The quantitative estimate of drug-likeness (QED) is 0.250. The van der Waals surface area contributed by atoms with Crippen LogP contribution in [0.2, 0.25) is 0 Å². The van der Waals surface area contributed by atoms with Crippen molar-refractivity contribution < 1.29 is 49.4 Å². The number of carbonyl (C=O) groups is 3. The number of carboxylic acid groups (broad SMARTS) is 1. The molecule has 12 heteroatoms. The molecule has 1 heterocycles. The number of hydrogen-bond acceptors (Lipinski definition) is 10. The standard InChI is InChI=1S/C20H18N2O10/c23-13-5-1-3-9(15(13)25)18-22-11(7-31-18)17(27)21-12(19(28)29)8-32-20(30)10-4-2-6-14(24)16(10)26/h1-6,11-12,23-26H,7-8H2,(H,21,27)(H,28,29)/t11-,12-/m0/s1. The number of carboxylic acids is 1. The van der Waals surface area contributed by atoms with E-state index in [0.717, 1.165) is 12.1 Å². The van der Waals surface area contributed by atoms with Crippen molar-refractivity contribution >= 4 is 23.7 Å². The maximum absolute atomic E-state index is 12.4. The third kappa shape index (κ3) is 4.64. The van der Waals surface area contributed by atoms with Crippen LogP contribution in [0.25, 0.3) is 0 Å². The first kappa shape index (κ1) is 22.2. The van der Waals surface area contributed by atoms with E-state index in [0.29, 0.717) is 0 Å². The van der Waals surface area contributed by atoms with Gasteiger partial charge in [0.05, 0.1) is 5.56 Å². The second-order valence-corrected chi connectivity index (χ2v) is 6.61. The third-order valence-electron chi connectivity index (χ3n) is 4.43. The van der Waals surface area contributed by atoms with Gasteiger partial charge in [0.15, 0.2) is 35.1 Å². The van der Waals surface area contributed by atoms with Crippen molar-refractivity contribution in [1.82, 2.24) is 5.32 Å². The van der Waals surface area contributed by atoms with E-state index in [1.165, 1.54) is 24.3 Å². The predicted molar refractivity (Wildman–Crippen MR) is 106 cm³/mol. The van der Waals surface area contributed by atoms with Gasteiger partial charge in [0.1, 0.15) is 18.8 Å². The number of phenols is 4. The Hall–Kier alpha value is -4.48. The van der Waals surface area contributed by atoms with E-state index < -0.39 is 59.5 Å². The molecule has 0 unspecified atom stereocenters. The predicted octanol–water partition coefficient (Wildman–Crippen LogP) is 0.0808. The zero-order chi connectivity index (χ0) is 23.4. The van der Waals surface area contributed by atoms with Crippen molar-refractivity contribution in [1.29, 1.82) is 0 Å². The maximum atomic E-state index is 12.4. The van der Waals surface area contributed by atoms with Gasteiger partial charge in [-0.15, -0.1) is 0 Å². The van der Waals surface area contributed by atoms with Gasteiger partial charge in [-0.05, 0) is 24.3 Å². The average molecular weight is 446 g/mol. The van der Waals surface area contributed by atoms with Crippen LogP contribution in [0.3, 0.4) is 0 Å². The first-order valence-corrected chi connectivity index (χ1v) is 9.12. The number of benzene rings is 2. The van der Waals surface area contributed by atoms with Gasteiger partial charge in [-0.1, -0.05) is 12.1 Å². The summed E-state index contributed by atoms with van der Waals surface area (Å²) >= 11 is 0. The lowest BCUT2D eigenvalue weighted by molar-refractivity contribution is -0.143. The lowest BCUT2D eigenvalue weighted by Crippen LogP contribution is -2.48. The van der Waals surface area contributed by atoms with E-state index in [1.807, 2.05) is 0 Å². The van der Waals surface area contributed by atoms with E-state index in [2.05, 4.69) is 10.3 Å². The number of nitrogens with one attached hydrogen (secondary N) is 1. The minimum atomic E-state index is -1.64. The summed E-state index contributed by atoms with van der Waals surface area (Å²) in [4.78, 5) is 39.9. The third-order valence-corrected chi connectivity index (χ3v) is 4.43. The van der Waals surface area contributed by atoms with E-state index in [-0.39, 0.29) is 23.6 Å². The molecule has 3 rings (SSSR count). The molecule has 0 fully saturated rings. The lowest BCUT2D eigenvalue weighted by atomic mass is 10.2. The molecule has 0 saturated carbocycles. The van der Waals surface area contributed by atoms with Crippen LogP contribution in [0.4, 0.5) is 0 Å². The monoisotopic (exact) mass is 446 g/mol. The molecule has 1 amide bonds. The van der Waals surface area contributed by atoms with Crippen molar-refractivity contribution in [3.8, 4) is 23.0 Å². The van der Waals surface area contributed by atoms with Crippen molar-refractivity contribution in [3.63, 3.8) is 0 Å². The van der Waals surface area contributed by atoms with Crippen molar-refractivity contribution in [2.75, 3.05) is 13.2 Å². The fraction of sp³-hybridized carbons (Fsp3) is 0.200. The topological polar surface area (TPSA) is 195 Å². The molecular formula is C20H18N2O10. The fourth-order valence-corrected chi connectivity index (χ4v) is 2.73. The Morgan fingerprint density at radius 3 is 2.41 bits per heavy atom.